The van der Waals surface area contributed by atoms with Crippen LogP contribution in [0.25, 0.3) is 27.2 Å². The maximum absolute atomic E-state index is 13.0. The van der Waals surface area contributed by atoms with E-state index in [0.29, 0.717) is 0 Å². The second-order valence-electron chi connectivity index (χ2n) is 7.59. The highest BCUT2D eigenvalue weighted by Gasteiger charge is 2.23. The van der Waals surface area contributed by atoms with Crippen molar-refractivity contribution >= 4 is 44.4 Å². The Hall–Kier alpha value is -3.02. The van der Waals surface area contributed by atoms with E-state index in [1.165, 1.54) is 16.9 Å². The molecule has 5 rings (SSSR count). The zero-order chi connectivity index (χ0) is 20.3. The van der Waals surface area contributed by atoms with Gasteiger partial charge >= 0.3 is 0 Å². The molecule has 0 radical (unpaired) electrons. The fourth-order valence-corrected chi connectivity index (χ4v) is 4.86. The first kappa shape index (κ1) is 19.0. The summed E-state index contributed by atoms with van der Waals surface area (Å²) in [6.07, 6.45) is 4.36. The summed E-state index contributed by atoms with van der Waals surface area (Å²) in [6, 6.07) is 22.6. The van der Waals surface area contributed by atoms with Crippen LogP contribution in [0.1, 0.15) is 15.2 Å². The van der Waals surface area contributed by atoms with Gasteiger partial charge in [0.2, 0.25) is 0 Å². The van der Waals surface area contributed by atoms with Gasteiger partial charge in [0.15, 0.2) is 0 Å². The first-order valence-corrected chi connectivity index (χ1v) is 11.1. The standard InChI is InChI=1S/C25H23N3OS/c29-25(23-18-21-17-20-10-4-5-11-22(20)26-24(21)30-23)28-15-13-27(14-16-28)12-6-9-19-7-2-1-3-8-19/h1-11,17-18H,12-16H2/b9-6+. The summed E-state index contributed by atoms with van der Waals surface area (Å²) >= 11 is 1.50. The Kier molecular flexibility index (Phi) is 5.30. The first-order chi connectivity index (χ1) is 14.8. The summed E-state index contributed by atoms with van der Waals surface area (Å²) in [4.78, 5) is 23.9. The number of rotatable bonds is 4. The molecule has 1 fully saturated rings. The minimum absolute atomic E-state index is 0.126. The number of hydrogen-bond acceptors (Lipinski definition) is 4. The van der Waals surface area contributed by atoms with Gasteiger partial charge in [-0.2, -0.15) is 0 Å². The molecule has 1 saturated heterocycles. The number of fused-ring (bicyclic) bond motifs is 2. The second-order valence-corrected chi connectivity index (χ2v) is 8.62. The Labute approximate surface area is 180 Å². The average Bonchev–Trinajstić information content (AvgIpc) is 3.21. The van der Waals surface area contributed by atoms with Crippen LogP contribution in [0.3, 0.4) is 0 Å². The highest BCUT2D eigenvalue weighted by Crippen LogP contribution is 2.28. The lowest BCUT2D eigenvalue weighted by Gasteiger charge is -2.33. The fraction of sp³-hybridized carbons (Fsp3) is 0.200. The molecule has 1 amide bonds. The summed E-state index contributed by atoms with van der Waals surface area (Å²) in [7, 11) is 0. The minimum Gasteiger partial charge on any atom is -0.335 e. The predicted octanol–water partition coefficient (Wildman–Crippen LogP) is 4.92. The third-order valence-electron chi connectivity index (χ3n) is 5.55. The zero-order valence-electron chi connectivity index (χ0n) is 16.7. The van der Waals surface area contributed by atoms with Gasteiger partial charge < -0.3 is 4.90 Å². The smallest absolute Gasteiger partial charge is 0.264 e. The molecule has 0 N–H and O–H groups in total. The van der Waals surface area contributed by atoms with E-state index in [-0.39, 0.29) is 5.91 Å². The van der Waals surface area contributed by atoms with Gasteiger partial charge in [0, 0.05) is 43.5 Å². The fourth-order valence-electron chi connectivity index (χ4n) is 3.87. The molecule has 4 nitrogen and oxygen atoms in total. The third kappa shape index (κ3) is 3.99. The Balaban J connectivity index is 1.22. The van der Waals surface area contributed by atoms with Crippen molar-refractivity contribution in [3.8, 4) is 0 Å². The number of hydrogen-bond donors (Lipinski definition) is 0. The molecule has 3 heterocycles. The molecule has 4 aromatic rings. The van der Waals surface area contributed by atoms with Crippen molar-refractivity contribution in [1.82, 2.24) is 14.8 Å². The van der Waals surface area contributed by atoms with Gasteiger partial charge in [-0.05, 0) is 23.8 Å². The quantitative estimate of drug-likeness (QED) is 0.476. The predicted molar refractivity (Wildman–Crippen MR) is 125 cm³/mol. The number of carbonyl (C=O) groups is 1. The van der Waals surface area contributed by atoms with Crippen LogP contribution in [0, 0.1) is 0 Å². The molecule has 0 bridgehead atoms. The van der Waals surface area contributed by atoms with E-state index in [1.54, 1.807) is 0 Å². The van der Waals surface area contributed by atoms with Crippen molar-refractivity contribution in [1.29, 1.82) is 0 Å². The number of nitrogens with zero attached hydrogens (tertiary/aromatic N) is 3. The Bertz CT molecular complexity index is 1150. The molecule has 0 unspecified atom stereocenters. The summed E-state index contributed by atoms with van der Waals surface area (Å²) in [5.74, 6) is 0.126. The van der Waals surface area contributed by atoms with Gasteiger partial charge in [0.1, 0.15) is 4.83 Å². The molecule has 2 aromatic carbocycles. The van der Waals surface area contributed by atoms with Gasteiger partial charge in [-0.25, -0.2) is 4.98 Å². The average molecular weight is 414 g/mol. The summed E-state index contributed by atoms with van der Waals surface area (Å²) < 4.78 is 0. The van der Waals surface area contributed by atoms with Crippen molar-refractivity contribution in [3.63, 3.8) is 0 Å². The van der Waals surface area contributed by atoms with Crippen LogP contribution in [0.5, 0.6) is 0 Å². The van der Waals surface area contributed by atoms with Crippen LogP contribution < -0.4 is 0 Å². The number of aromatic nitrogens is 1. The van der Waals surface area contributed by atoms with Crippen molar-refractivity contribution in [2.75, 3.05) is 32.7 Å². The number of piperazine rings is 1. The number of thiophene rings is 1. The Morgan fingerprint density at radius 1 is 0.933 bits per heavy atom. The highest BCUT2D eigenvalue weighted by atomic mass is 32.1. The lowest BCUT2D eigenvalue weighted by Crippen LogP contribution is -2.48. The van der Waals surface area contributed by atoms with Crippen molar-refractivity contribution in [2.24, 2.45) is 0 Å². The van der Waals surface area contributed by atoms with E-state index in [4.69, 9.17) is 4.98 Å². The van der Waals surface area contributed by atoms with Crippen molar-refractivity contribution < 1.29 is 4.79 Å². The lowest BCUT2D eigenvalue weighted by atomic mass is 10.2. The molecule has 0 atom stereocenters. The van der Waals surface area contributed by atoms with E-state index in [2.05, 4.69) is 53.5 Å². The van der Waals surface area contributed by atoms with Crippen molar-refractivity contribution in [3.05, 3.63) is 83.2 Å². The van der Waals surface area contributed by atoms with E-state index in [1.807, 2.05) is 35.2 Å². The van der Waals surface area contributed by atoms with Gasteiger partial charge in [-0.15, -0.1) is 11.3 Å². The second kappa shape index (κ2) is 8.38. The topological polar surface area (TPSA) is 36.4 Å². The van der Waals surface area contributed by atoms with Crippen LogP contribution in [0.2, 0.25) is 0 Å². The van der Waals surface area contributed by atoms with E-state index in [9.17, 15) is 4.79 Å². The third-order valence-corrected chi connectivity index (χ3v) is 6.59. The molecule has 0 saturated carbocycles. The maximum atomic E-state index is 13.0. The Morgan fingerprint density at radius 3 is 2.53 bits per heavy atom. The number of para-hydroxylation sites is 1. The molecule has 5 heteroatoms. The molecular weight excluding hydrogens is 390 g/mol. The van der Waals surface area contributed by atoms with Crippen LogP contribution in [0.15, 0.2) is 72.8 Å². The molecule has 150 valence electrons. The van der Waals surface area contributed by atoms with Gasteiger partial charge in [0.25, 0.3) is 5.91 Å². The largest absolute Gasteiger partial charge is 0.335 e. The minimum atomic E-state index is 0.126. The number of benzene rings is 2. The summed E-state index contributed by atoms with van der Waals surface area (Å²) in [5, 5.41) is 2.16. The van der Waals surface area contributed by atoms with Crippen LogP contribution >= 0.6 is 11.3 Å². The van der Waals surface area contributed by atoms with E-state index in [0.717, 1.165) is 58.7 Å². The zero-order valence-corrected chi connectivity index (χ0v) is 17.5. The molecule has 2 aromatic heterocycles. The molecule has 1 aliphatic rings. The number of pyridine rings is 1. The molecular formula is C25H23N3OS. The number of carbonyl (C=O) groups excluding carboxylic acids is 1. The van der Waals surface area contributed by atoms with E-state index >= 15 is 0 Å². The molecule has 0 aliphatic carbocycles. The Morgan fingerprint density at radius 2 is 1.70 bits per heavy atom. The normalized spacial score (nSPS) is 15.4. The SMILES string of the molecule is O=C(c1cc2cc3ccccc3nc2s1)N1CCN(C/C=C/c2ccccc2)CC1. The molecule has 30 heavy (non-hydrogen) atoms. The van der Waals surface area contributed by atoms with Crippen LogP contribution in [-0.4, -0.2) is 53.4 Å². The van der Waals surface area contributed by atoms with Crippen molar-refractivity contribution in [2.45, 2.75) is 0 Å². The van der Waals surface area contributed by atoms with Gasteiger partial charge in [0.05, 0.1) is 10.4 Å². The molecule has 0 spiro atoms. The van der Waals surface area contributed by atoms with Gasteiger partial charge in [-0.1, -0.05) is 60.7 Å². The number of amides is 1. The van der Waals surface area contributed by atoms with Gasteiger partial charge in [-0.3, -0.25) is 9.69 Å². The molecule has 1 aliphatic heterocycles. The van der Waals surface area contributed by atoms with Crippen LogP contribution in [0.4, 0.5) is 0 Å². The lowest BCUT2D eigenvalue weighted by molar-refractivity contribution is 0.0655. The summed E-state index contributed by atoms with van der Waals surface area (Å²) in [5.41, 5.74) is 2.19. The summed E-state index contributed by atoms with van der Waals surface area (Å²) in [6.45, 7) is 4.25. The monoisotopic (exact) mass is 413 g/mol. The van der Waals surface area contributed by atoms with Crippen LogP contribution in [-0.2, 0) is 0 Å². The first-order valence-electron chi connectivity index (χ1n) is 10.3. The highest BCUT2D eigenvalue weighted by molar-refractivity contribution is 7.20. The van der Waals surface area contributed by atoms with E-state index < -0.39 is 0 Å². The maximum Gasteiger partial charge on any atom is 0.264 e.